The normalized spacial score (nSPS) is 12.4. The maximum absolute atomic E-state index is 7.80. The van der Waals surface area contributed by atoms with Crippen LogP contribution in [0.5, 0.6) is 0 Å². The summed E-state index contributed by atoms with van der Waals surface area (Å²) in [5.74, 6) is 0. The Balaban J connectivity index is 0.751. The second-order valence-corrected chi connectivity index (χ2v) is 31.5. The molecule has 0 amide bonds. The van der Waals surface area contributed by atoms with Gasteiger partial charge < -0.3 is 36.2 Å². The van der Waals surface area contributed by atoms with Gasteiger partial charge in [0.15, 0.2) is 0 Å². The lowest BCUT2D eigenvalue weighted by molar-refractivity contribution is 0.305. The number of unbranched alkanes of at least 4 members (excludes halogenated alkanes) is 1. The number of fused-ring (bicyclic) bond motifs is 3. The molecule has 1 aliphatic carbocycles. The van der Waals surface area contributed by atoms with Gasteiger partial charge in [-0.05, 0) is 210 Å². The monoisotopic (exact) mass is 1490 g/mol. The number of nitrogen functional groups attached to an aromatic ring is 1. The molecule has 3 N–H and O–H groups in total. The summed E-state index contributed by atoms with van der Waals surface area (Å²) in [6.07, 6.45) is 10.2. The smallest absolute Gasteiger partial charge is 0.124 e. The maximum atomic E-state index is 7.80. The summed E-state index contributed by atoms with van der Waals surface area (Å²) in [6.45, 7) is 15.5. The Morgan fingerprint density at radius 2 is 0.684 bits per heavy atom. The fourth-order valence-electron chi connectivity index (χ4n) is 15.5. The van der Waals surface area contributed by atoms with Gasteiger partial charge in [0.05, 0.1) is 18.6 Å². The number of para-hydroxylation sites is 7. The Bertz CT molecular complexity index is 5920. The molecule has 564 valence electrons. The van der Waals surface area contributed by atoms with Crippen LogP contribution in [0.1, 0.15) is 67.2 Å². The lowest BCUT2D eigenvalue weighted by atomic mass is 9.93. The molecule has 0 fully saturated rings. The van der Waals surface area contributed by atoms with Crippen molar-refractivity contribution in [3.05, 3.63) is 339 Å². The minimum atomic E-state index is -0.154. The average Bonchev–Trinajstić information content (AvgIpc) is 1.54. The fraction of sp³-hybridized carbons (Fsp3) is 0.163. The molecule has 114 heavy (non-hydrogen) atoms. The van der Waals surface area contributed by atoms with E-state index in [2.05, 4.69) is 375 Å². The molecule has 0 atom stereocenters. The number of nitrogens with zero attached hydrogens (tertiary/aromatic N) is 14. The second kappa shape index (κ2) is 31.9. The molecular weight excluding hydrogens is 1400 g/mol. The summed E-state index contributed by atoms with van der Waals surface area (Å²) in [4.78, 5) is 12.9. The Labute approximate surface area is 666 Å². The van der Waals surface area contributed by atoms with Crippen molar-refractivity contribution in [2.24, 2.45) is 10.8 Å². The van der Waals surface area contributed by atoms with E-state index in [1.165, 1.54) is 0 Å². The standard InChI is InChI=1S/C98H91N16/c1-97(2,3)67-109-103-91-85(69-49-57-81(58-50-69)111(73-33-15-7-16-34-73)74-35-17-8-18-36-74)89(99)90(86(92(91)104-109)70-51-59-82(60-52-70)112(75-37-19-9-20-38-75)76-39-21-10-22-40-76)101-100-65-31-32-66-108-96-88(72-55-63-84(64-56-72)114(79-45-27-13-28-46-79)80-47-29-14-30-48-80)94-93(105-110(106-94)68-98(4,5)6)87(95(96)102-107-108)71-53-61-83(62-54-71)113(77-41-23-11-24-42-77)78-43-25-12-26-44-78/h7-11,13-25,27-30,33-64,100H,12,26,31-32,65-68,99H2,1-6H3/q-1. The summed E-state index contributed by atoms with van der Waals surface area (Å²) in [5, 5.41) is 32.1. The third kappa shape index (κ3) is 15.3. The van der Waals surface area contributed by atoms with Crippen molar-refractivity contribution >= 4 is 107 Å². The van der Waals surface area contributed by atoms with Crippen LogP contribution in [0.2, 0.25) is 0 Å². The van der Waals surface area contributed by atoms with Gasteiger partial charge in [0.2, 0.25) is 0 Å². The summed E-state index contributed by atoms with van der Waals surface area (Å²) in [7, 11) is 0. The van der Waals surface area contributed by atoms with Crippen molar-refractivity contribution in [2.45, 2.75) is 86.9 Å². The molecule has 3 aromatic heterocycles. The van der Waals surface area contributed by atoms with Crippen molar-refractivity contribution in [1.29, 1.82) is 0 Å². The summed E-state index contributed by atoms with van der Waals surface area (Å²) in [5.41, 5.74) is 41.6. The zero-order valence-corrected chi connectivity index (χ0v) is 65.2. The van der Waals surface area contributed by atoms with Gasteiger partial charge in [-0.1, -0.05) is 241 Å². The third-order valence-corrected chi connectivity index (χ3v) is 20.5. The topological polar surface area (TPSA) is 157 Å². The number of aryl methyl sites for hydroxylation is 1. The molecule has 16 heteroatoms. The Hall–Kier alpha value is -13.7. The molecule has 0 bridgehead atoms. The molecule has 3 heterocycles. The Morgan fingerprint density at radius 3 is 1.06 bits per heavy atom. The molecule has 0 radical (unpaired) electrons. The molecule has 0 aliphatic heterocycles. The van der Waals surface area contributed by atoms with Crippen LogP contribution in [0.4, 0.5) is 73.9 Å². The molecule has 0 saturated heterocycles. The van der Waals surface area contributed by atoms with Crippen LogP contribution in [0.15, 0.2) is 333 Å². The largest absolute Gasteiger partial charge is 0.620 e. The van der Waals surface area contributed by atoms with E-state index in [4.69, 9.17) is 41.9 Å². The molecule has 16 nitrogen and oxygen atoms in total. The van der Waals surface area contributed by atoms with Gasteiger partial charge in [-0.2, -0.15) is 30.0 Å². The molecule has 0 spiro atoms. The quantitative estimate of drug-likeness (QED) is 0.0318. The van der Waals surface area contributed by atoms with E-state index in [0.29, 0.717) is 61.4 Å². The second-order valence-electron chi connectivity index (χ2n) is 31.5. The summed E-state index contributed by atoms with van der Waals surface area (Å²) >= 11 is 0. The van der Waals surface area contributed by atoms with Crippen molar-refractivity contribution in [2.75, 3.05) is 31.9 Å². The zero-order valence-electron chi connectivity index (χ0n) is 65.2. The fourth-order valence-corrected chi connectivity index (χ4v) is 15.5. The van der Waals surface area contributed by atoms with E-state index in [0.717, 1.165) is 148 Å². The highest BCUT2D eigenvalue weighted by Gasteiger charge is 2.30. The van der Waals surface area contributed by atoms with Gasteiger partial charge in [0, 0.05) is 97.2 Å². The third-order valence-electron chi connectivity index (χ3n) is 20.5. The predicted octanol–water partition coefficient (Wildman–Crippen LogP) is 25.0. The lowest BCUT2D eigenvalue weighted by Gasteiger charge is -2.31. The van der Waals surface area contributed by atoms with Crippen molar-refractivity contribution in [3.8, 4) is 44.5 Å². The van der Waals surface area contributed by atoms with E-state index in [1.807, 2.05) is 33.9 Å². The first-order chi connectivity index (χ1) is 55.7. The van der Waals surface area contributed by atoms with E-state index in [-0.39, 0.29) is 10.8 Å². The van der Waals surface area contributed by atoms with E-state index in [1.54, 1.807) is 0 Å². The van der Waals surface area contributed by atoms with Crippen LogP contribution in [-0.2, 0) is 19.6 Å². The highest BCUT2D eigenvalue weighted by molar-refractivity contribution is 6.17. The van der Waals surface area contributed by atoms with Gasteiger partial charge in [-0.3, -0.25) is 0 Å². The number of anilines is 12. The van der Waals surface area contributed by atoms with E-state index >= 15 is 0 Å². The molecule has 13 aromatic carbocycles. The molecule has 0 saturated carbocycles. The summed E-state index contributed by atoms with van der Waals surface area (Å²) in [6, 6.07) is 108. The minimum absolute atomic E-state index is 0.135. The SMILES string of the molecule is CC(C)(C)Cn1nc2c(-c3ccc(N(c4ccccc4)c4ccccc4)cc3)c(N)c([N-]NCCCCn3nnc4c(-c5ccc(N(C6=CCCC=C6)c6ccccc6)cc5)c5nn(CC(C)(C)C)nc5c(-c5ccc(N(c6ccccc6)c6ccccc6)cc5)c43)c(-c3ccc(N(c4ccccc4)c4ccccc4)cc3)c2n1. The van der Waals surface area contributed by atoms with Gasteiger partial charge in [-0.25, -0.2) is 4.68 Å². The van der Waals surface area contributed by atoms with Gasteiger partial charge in [0.25, 0.3) is 0 Å². The molecule has 1 aliphatic rings. The first-order valence-corrected chi connectivity index (χ1v) is 39.4. The molecular formula is C98H91N16-. The number of hydrogen-bond acceptors (Lipinski definition) is 12. The number of rotatable bonds is 25. The number of aromatic nitrogens is 9. The number of benzene rings is 13. The van der Waals surface area contributed by atoms with Crippen LogP contribution in [-0.4, -0.2) is 51.5 Å². The lowest BCUT2D eigenvalue weighted by Crippen LogP contribution is -2.17. The Morgan fingerprint density at radius 1 is 0.360 bits per heavy atom. The number of nitrogens with two attached hydrogens (primary N) is 1. The van der Waals surface area contributed by atoms with Crippen molar-refractivity contribution in [1.82, 2.24) is 50.4 Å². The van der Waals surface area contributed by atoms with Crippen LogP contribution >= 0.6 is 0 Å². The number of allylic oxidation sites excluding steroid dienone is 3. The van der Waals surface area contributed by atoms with Gasteiger partial charge in [-0.15, -0.1) is 5.10 Å². The first kappa shape index (κ1) is 73.1. The molecule has 17 rings (SSSR count). The maximum Gasteiger partial charge on any atom is 0.124 e. The van der Waals surface area contributed by atoms with Crippen molar-refractivity contribution < 1.29 is 0 Å². The van der Waals surface area contributed by atoms with Crippen molar-refractivity contribution in [3.63, 3.8) is 0 Å². The van der Waals surface area contributed by atoms with Gasteiger partial charge in [0.1, 0.15) is 27.6 Å². The molecule has 0 unspecified atom stereocenters. The van der Waals surface area contributed by atoms with Gasteiger partial charge >= 0.3 is 0 Å². The Kier molecular flexibility index (Phi) is 20.5. The highest BCUT2D eigenvalue weighted by Crippen LogP contribution is 2.51. The predicted molar refractivity (Wildman–Crippen MR) is 471 cm³/mol. The number of nitrogens with one attached hydrogen (secondary N) is 1. The van der Waals surface area contributed by atoms with E-state index in [9.17, 15) is 0 Å². The highest BCUT2D eigenvalue weighted by atomic mass is 15.5. The summed E-state index contributed by atoms with van der Waals surface area (Å²) < 4.78 is 2.08. The van der Waals surface area contributed by atoms with Crippen LogP contribution in [0, 0.1) is 10.8 Å². The minimum Gasteiger partial charge on any atom is -0.620 e. The van der Waals surface area contributed by atoms with Crippen LogP contribution < -0.4 is 30.8 Å². The molecule has 16 aromatic rings. The van der Waals surface area contributed by atoms with E-state index < -0.39 is 0 Å². The van der Waals surface area contributed by atoms with Crippen LogP contribution in [0.3, 0.4) is 0 Å². The first-order valence-electron chi connectivity index (χ1n) is 39.4. The van der Waals surface area contributed by atoms with Crippen LogP contribution in [0.25, 0.3) is 83.0 Å². The number of hydrogen-bond donors (Lipinski definition) is 2. The zero-order chi connectivity index (χ0) is 77.7. The average molecular weight is 1490 g/mol.